The van der Waals surface area contributed by atoms with Gasteiger partial charge in [-0.05, 0) is 24.3 Å². The molecule has 2 aromatic carbocycles. The minimum atomic E-state index is -2.35. The van der Waals surface area contributed by atoms with E-state index in [0.717, 1.165) is 5.75 Å². The van der Waals surface area contributed by atoms with Crippen LogP contribution in [0, 0.1) is 29.1 Å². The predicted molar refractivity (Wildman–Crippen MR) is 159 cm³/mol. The van der Waals surface area contributed by atoms with Gasteiger partial charge in [0.05, 0.1) is 112 Å². The van der Waals surface area contributed by atoms with Crippen molar-refractivity contribution in [2.75, 3.05) is 118 Å². The molecule has 2 N–H and O–H groups in total. The third kappa shape index (κ3) is 17.8. The number of carbonyl (C=O) groups excluding carboxylic acids is 1. The molecule has 0 unspecified atom stereocenters. The smallest absolute Gasteiger partial charge is 0.313 e. The van der Waals surface area contributed by atoms with Crippen LogP contribution < -0.4 is 15.2 Å². The van der Waals surface area contributed by atoms with Gasteiger partial charge in [0.25, 0.3) is 0 Å². The number of hydrogen-bond acceptors (Lipinski definition) is 12. The van der Waals surface area contributed by atoms with Crippen molar-refractivity contribution in [2.24, 2.45) is 0 Å². The molecule has 17 heteroatoms. The van der Waals surface area contributed by atoms with Crippen LogP contribution in [0.3, 0.4) is 0 Å². The van der Waals surface area contributed by atoms with Crippen LogP contribution >= 0.6 is 0 Å². The Morgan fingerprint density at radius 2 is 0.771 bits per heavy atom. The summed E-state index contributed by atoms with van der Waals surface area (Å²) in [6.07, 6.45) is -0.487. The van der Waals surface area contributed by atoms with Gasteiger partial charge in [0, 0.05) is 5.69 Å². The topological polar surface area (TPSA) is 135 Å². The van der Waals surface area contributed by atoms with Crippen LogP contribution in [0.5, 0.6) is 11.5 Å². The minimum Gasteiger partial charge on any atom is -0.491 e. The highest BCUT2D eigenvalue weighted by Crippen LogP contribution is 2.29. The lowest BCUT2D eigenvalue weighted by molar-refractivity contribution is -0.136. The number of carbonyl (C=O) groups is 1. The lowest BCUT2D eigenvalue weighted by Crippen LogP contribution is -2.16. The zero-order valence-corrected chi connectivity index (χ0v) is 26.5. The molecular formula is C31H42F5NO11. The molecule has 0 amide bonds. The number of nitrogen functional groups attached to an aromatic ring is 1. The molecule has 0 aliphatic carbocycles. The van der Waals surface area contributed by atoms with E-state index in [0.29, 0.717) is 91.6 Å². The van der Waals surface area contributed by atoms with Crippen LogP contribution in [0.1, 0.15) is 6.42 Å². The third-order valence-corrected chi connectivity index (χ3v) is 5.82. The average molecular weight is 700 g/mol. The summed E-state index contributed by atoms with van der Waals surface area (Å²) in [5, 5.41) is 0. The Balaban J connectivity index is 1.24. The van der Waals surface area contributed by atoms with Crippen molar-refractivity contribution in [3.8, 4) is 11.5 Å². The first-order valence-electron chi connectivity index (χ1n) is 15.1. The molecule has 0 aliphatic heterocycles. The average Bonchev–Trinajstić information content (AvgIpc) is 3.08. The molecule has 0 bridgehead atoms. The second kappa shape index (κ2) is 25.8. The largest absolute Gasteiger partial charge is 0.491 e. The minimum absolute atomic E-state index is 0.0807. The number of rotatable bonds is 29. The summed E-state index contributed by atoms with van der Waals surface area (Å²) in [5.41, 5.74) is 6.31. The summed E-state index contributed by atoms with van der Waals surface area (Å²) >= 11 is 0. The summed E-state index contributed by atoms with van der Waals surface area (Å²) < 4.78 is 119. The molecule has 0 heterocycles. The molecule has 0 saturated carbocycles. The predicted octanol–water partition coefficient (Wildman–Crippen LogP) is 3.47. The van der Waals surface area contributed by atoms with Crippen LogP contribution in [-0.2, 0) is 42.7 Å². The van der Waals surface area contributed by atoms with Crippen LogP contribution in [0.2, 0.25) is 0 Å². The van der Waals surface area contributed by atoms with Crippen molar-refractivity contribution >= 4 is 11.7 Å². The van der Waals surface area contributed by atoms with Crippen molar-refractivity contribution in [1.82, 2.24) is 0 Å². The molecule has 0 atom stereocenters. The SMILES string of the molecule is Nc1ccc(OCCOCCOCCOCCOCCOCCOCCOCCOCCC(=O)Oc2c(F)c(F)c(F)c(F)c2F)cc1. The highest BCUT2D eigenvalue weighted by molar-refractivity contribution is 5.72. The Hall–Kier alpha value is -3.16. The number of ether oxygens (including phenoxy) is 10. The van der Waals surface area contributed by atoms with Gasteiger partial charge in [-0.3, -0.25) is 4.79 Å². The van der Waals surface area contributed by atoms with E-state index in [2.05, 4.69) is 4.74 Å². The molecule has 272 valence electrons. The quantitative estimate of drug-likeness (QED) is 0.0254. The summed E-state index contributed by atoms with van der Waals surface area (Å²) in [6, 6.07) is 7.16. The maximum absolute atomic E-state index is 13.5. The van der Waals surface area contributed by atoms with E-state index < -0.39 is 47.2 Å². The van der Waals surface area contributed by atoms with E-state index in [-0.39, 0.29) is 26.4 Å². The van der Waals surface area contributed by atoms with E-state index >= 15 is 0 Å². The maximum Gasteiger partial charge on any atom is 0.313 e. The van der Waals surface area contributed by atoms with Gasteiger partial charge in [0.2, 0.25) is 34.8 Å². The van der Waals surface area contributed by atoms with E-state index in [9.17, 15) is 26.7 Å². The van der Waals surface area contributed by atoms with E-state index in [1.807, 2.05) is 0 Å². The van der Waals surface area contributed by atoms with E-state index in [1.165, 1.54) is 0 Å². The monoisotopic (exact) mass is 699 g/mol. The van der Waals surface area contributed by atoms with Gasteiger partial charge in [-0.15, -0.1) is 0 Å². The van der Waals surface area contributed by atoms with Crippen molar-refractivity contribution < 1.29 is 74.1 Å². The fourth-order valence-corrected chi connectivity index (χ4v) is 3.42. The Morgan fingerprint density at radius 3 is 1.15 bits per heavy atom. The number of benzene rings is 2. The molecule has 48 heavy (non-hydrogen) atoms. The number of halogens is 5. The van der Waals surface area contributed by atoms with Gasteiger partial charge in [0.15, 0.2) is 0 Å². The zero-order valence-electron chi connectivity index (χ0n) is 26.5. The highest BCUT2D eigenvalue weighted by atomic mass is 19.2. The van der Waals surface area contributed by atoms with Gasteiger partial charge >= 0.3 is 5.97 Å². The fourth-order valence-electron chi connectivity index (χ4n) is 3.42. The normalized spacial score (nSPS) is 11.3. The first kappa shape index (κ1) is 41.0. The lowest BCUT2D eigenvalue weighted by Gasteiger charge is -2.09. The van der Waals surface area contributed by atoms with Crippen LogP contribution in [0.4, 0.5) is 27.6 Å². The number of hydrogen-bond donors (Lipinski definition) is 1. The number of nitrogens with two attached hydrogens (primary N) is 1. The van der Waals surface area contributed by atoms with Crippen LogP contribution in [0.15, 0.2) is 24.3 Å². The van der Waals surface area contributed by atoms with Gasteiger partial charge in [0.1, 0.15) is 12.4 Å². The Labute approximate surface area is 275 Å². The molecule has 0 spiro atoms. The van der Waals surface area contributed by atoms with Crippen LogP contribution in [-0.4, -0.2) is 118 Å². The zero-order chi connectivity index (χ0) is 34.8. The van der Waals surface area contributed by atoms with Gasteiger partial charge < -0.3 is 53.1 Å². The first-order valence-corrected chi connectivity index (χ1v) is 15.1. The molecule has 2 rings (SSSR count). The standard InChI is InChI=1S/C31H42F5NO11/c32-26-27(33)29(35)31(30(36)28(26)34)48-25(38)5-6-39-7-8-40-9-10-41-11-12-42-13-14-43-15-16-44-17-18-45-19-20-46-21-22-47-24-3-1-23(37)2-4-24/h1-4H,5-22,37H2. The summed E-state index contributed by atoms with van der Waals surface area (Å²) in [7, 11) is 0. The molecule has 0 radical (unpaired) electrons. The highest BCUT2D eigenvalue weighted by Gasteiger charge is 2.28. The summed E-state index contributed by atoms with van der Waals surface area (Å²) in [4.78, 5) is 11.6. The molecular weight excluding hydrogens is 657 g/mol. The summed E-state index contributed by atoms with van der Waals surface area (Å²) in [5.74, 6) is -13.4. The van der Waals surface area contributed by atoms with Gasteiger partial charge in [-0.2, -0.15) is 8.78 Å². The van der Waals surface area contributed by atoms with E-state index in [1.54, 1.807) is 24.3 Å². The first-order chi connectivity index (χ1) is 23.3. The molecule has 12 nitrogen and oxygen atoms in total. The maximum atomic E-state index is 13.5. The van der Waals surface area contributed by atoms with Crippen molar-refractivity contribution in [1.29, 1.82) is 0 Å². The Kier molecular flexibility index (Phi) is 22.0. The number of esters is 1. The van der Waals surface area contributed by atoms with E-state index in [4.69, 9.17) is 48.4 Å². The van der Waals surface area contributed by atoms with Crippen molar-refractivity contribution in [3.05, 3.63) is 53.4 Å². The second-order valence-electron chi connectivity index (χ2n) is 9.44. The second-order valence-corrected chi connectivity index (χ2v) is 9.44. The van der Waals surface area contributed by atoms with Crippen molar-refractivity contribution in [2.45, 2.75) is 6.42 Å². The molecule has 0 fully saturated rings. The molecule has 0 saturated heterocycles. The van der Waals surface area contributed by atoms with Gasteiger partial charge in [-0.1, -0.05) is 0 Å². The van der Waals surface area contributed by atoms with Crippen LogP contribution in [0.25, 0.3) is 0 Å². The van der Waals surface area contributed by atoms with Gasteiger partial charge in [-0.25, -0.2) is 13.2 Å². The van der Waals surface area contributed by atoms with Crippen molar-refractivity contribution in [3.63, 3.8) is 0 Å². The Bertz CT molecular complexity index is 1140. The molecule has 0 aliphatic rings. The molecule has 0 aromatic heterocycles. The lowest BCUT2D eigenvalue weighted by atomic mass is 10.2. The fraction of sp³-hybridized carbons (Fsp3) is 0.581. The molecule has 2 aromatic rings. The summed E-state index contributed by atoms with van der Waals surface area (Å²) in [6.45, 7) is 5.75. The third-order valence-electron chi connectivity index (χ3n) is 5.82. The number of anilines is 1. The Morgan fingerprint density at radius 1 is 0.458 bits per heavy atom.